The summed E-state index contributed by atoms with van der Waals surface area (Å²) in [5.74, 6) is -1.13. The van der Waals surface area contributed by atoms with Crippen LogP contribution >= 0.6 is 11.6 Å². The second-order valence-electron chi connectivity index (χ2n) is 6.39. The van der Waals surface area contributed by atoms with Crippen molar-refractivity contribution in [2.75, 3.05) is 19.6 Å². The van der Waals surface area contributed by atoms with Crippen LogP contribution in [-0.2, 0) is 9.59 Å². The van der Waals surface area contributed by atoms with Gasteiger partial charge in [0.15, 0.2) is 0 Å². The molecule has 1 aromatic rings. The van der Waals surface area contributed by atoms with Gasteiger partial charge in [-0.15, -0.1) is 0 Å². The van der Waals surface area contributed by atoms with E-state index in [1.54, 1.807) is 0 Å². The molecule has 1 saturated heterocycles. The molecule has 5 nitrogen and oxygen atoms in total. The molecular weight excluding hydrogens is 328 g/mol. The summed E-state index contributed by atoms with van der Waals surface area (Å²) in [6.07, 6.45) is 2.57. The number of carboxylic acids is 1. The zero-order valence-corrected chi connectivity index (χ0v) is 15.0. The van der Waals surface area contributed by atoms with Gasteiger partial charge >= 0.3 is 5.97 Å². The first-order valence-corrected chi connectivity index (χ1v) is 8.74. The molecule has 2 rings (SSSR count). The Morgan fingerprint density at radius 2 is 2.12 bits per heavy atom. The maximum atomic E-state index is 11.8. The highest BCUT2D eigenvalue weighted by molar-refractivity contribution is 6.30. The number of aliphatic carboxylic acids is 1. The van der Waals surface area contributed by atoms with Crippen LogP contribution in [0.1, 0.15) is 44.7 Å². The number of rotatable bonds is 5. The SMILES string of the molecule is CC(=O)N(CC(=O)O)C1CCCN(C(C)c2cccc(Cl)c2)CC1. The lowest BCUT2D eigenvalue weighted by Gasteiger charge is -2.30. The van der Waals surface area contributed by atoms with Crippen molar-refractivity contribution < 1.29 is 14.7 Å². The third-order valence-electron chi connectivity index (χ3n) is 4.76. The number of benzene rings is 1. The van der Waals surface area contributed by atoms with E-state index in [1.807, 2.05) is 18.2 Å². The smallest absolute Gasteiger partial charge is 0.323 e. The Morgan fingerprint density at radius 1 is 1.38 bits per heavy atom. The molecule has 132 valence electrons. The van der Waals surface area contributed by atoms with Crippen molar-refractivity contribution in [2.24, 2.45) is 0 Å². The van der Waals surface area contributed by atoms with Gasteiger partial charge in [-0.3, -0.25) is 14.5 Å². The first kappa shape index (κ1) is 18.7. The van der Waals surface area contributed by atoms with E-state index >= 15 is 0 Å². The fraction of sp³-hybridized carbons (Fsp3) is 0.556. The van der Waals surface area contributed by atoms with Crippen LogP contribution in [0.2, 0.25) is 5.02 Å². The predicted molar refractivity (Wildman–Crippen MR) is 94.1 cm³/mol. The zero-order valence-electron chi connectivity index (χ0n) is 14.2. The van der Waals surface area contributed by atoms with Gasteiger partial charge in [0.05, 0.1) is 0 Å². The molecule has 1 fully saturated rings. The Bertz CT molecular complexity index is 593. The minimum atomic E-state index is -0.960. The maximum absolute atomic E-state index is 11.8. The Balaban J connectivity index is 2.03. The molecule has 0 aliphatic carbocycles. The van der Waals surface area contributed by atoms with Gasteiger partial charge in [-0.25, -0.2) is 0 Å². The van der Waals surface area contributed by atoms with Crippen molar-refractivity contribution in [1.82, 2.24) is 9.80 Å². The van der Waals surface area contributed by atoms with Gasteiger partial charge in [0, 0.05) is 30.6 Å². The van der Waals surface area contributed by atoms with Gasteiger partial charge in [0.25, 0.3) is 0 Å². The molecule has 1 heterocycles. The van der Waals surface area contributed by atoms with Crippen molar-refractivity contribution in [2.45, 2.75) is 45.2 Å². The molecule has 2 unspecified atom stereocenters. The lowest BCUT2D eigenvalue weighted by atomic mass is 10.1. The highest BCUT2D eigenvalue weighted by atomic mass is 35.5. The van der Waals surface area contributed by atoms with E-state index in [4.69, 9.17) is 16.7 Å². The van der Waals surface area contributed by atoms with Crippen LogP contribution in [0.4, 0.5) is 0 Å². The molecular formula is C18H25ClN2O3. The third kappa shape index (κ3) is 4.95. The number of halogens is 1. The van der Waals surface area contributed by atoms with Gasteiger partial charge in [-0.05, 0) is 50.4 Å². The highest BCUT2D eigenvalue weighted by Crippen LogP contribution is 2.27. The minimum absolute atomic E-state index is 0.00448. The fourth-order valence-corrected chi connectivity index (χ4v) is 3.62. The second kappa shape index (κ2) is 8.49. The molecule has 0 aromatic heterocycles. The standard InChI is InChI=1S/C18H25ClN2O3/c1-13(15-5-3-6-16(19)11-15)20-9-4-7-17(8-10-20)21(14(2)22)12-18(23)24/h3,5-6,11,13,17H,4,7-10,12H2,1-2H3,(H,23,24). The molecule has 1 amide bonds. The number of amides is 1. The lowest BCUT2D eigenvalue weighted by Crippen LogP contribution is -2.42. The molecule has 0 spiro atoms. The largest absolute Gasteiger partial charge is 0.480 e. The van der Waals surface area contributed by atoms with Crippen molar-refractivity contribution >= 4 is 23.5 Å². The van der Waals surface area contributed by atoms with Crippen LogP contribution in [0, 0.1) is 0 Å². The number of carboxylic acid groups (broad SMARTS) is 1. The van der Waals surface area contributed by atoms with E-state index in [2.05, 4.69) is 17.9 Å². The average molecular weight is 353 g/mol. The van der Waals surface area contributed by atoms with Crippen LogP contribution < -0.4 is 0 Å². The number of nitrogens with zero attached hydrogens (tertiary/aromatic N) is 2. The van der Waals surface area contributed by atoms with E-state index < -0.39 is 5.97 Å². The molecule has 6 heteroatoms. The Morgan fingerprint density at radius 3 is 2.75 bits per heavy atom. The molecule has 24 heavy (non-hydrogen) atoms. The number of carbonyl (C=O) groups is 2. The molecule has 0 bridgehead atoms. The number of carbonyl (C=O) groups excluding carboxylic acids is 1. The van der Waals surface area contributed by atoms with E-state index in [0.29, 0.717) is 0 Å². The maximum Gasteiger partial charge on any atom is 0.323 e. The van der Waals surface area contributed by atoms with E-state index in [-0.39, 0.29) is 24.5 Å². The summed E-state index contributed by atoms with van der Waals surface area (Å²) in [4.78, 5) is 26.7. The van der Waals surface area contributed by atoms with Crippen LogP contribution in [0.15, 0.2) is 24.3 Å². The fourth-order valence-electron chi connectivity index (χ4n) is 3.42. The van der Waals surface area contributed by atoms with Crippen molar-refractivity contribution in [3.8, 4) is 0 Å². The minimum Gasteiger partial charge on any atom is -0.480 e. The van der Waals surface area contributed by atoms with Gasteiger partial charge in [0.1, 0.15) is 6.54 Å². The van der Waals surface area contributed by atoms with Crippen molar-refractivity contribution in [1.29, 1.82) is 0 Å². The summed E-state index contributed by atoms with van der Waals surface area (Å²) in [6, 6.07) is 8.13. The number of likely N-dealkylation sites (tertiary alicyclic amines) is 1. The molecule has 0 radical (unpaired) electrons. The normalized spacial score (nSPS) is 20.2. The first-order chi connectivity index (χ1) is 11.4. The Kier molecular flexibility index (Phi) is 6.63. The van der Waals surface area contributed by atoms with Gasteiger partial charge < -0.3 is 10.0 Å². The van der Waals surface area contributed by atoms with Crippen LogP contribution in [0.25, 0.3) is 0 Å². The second-order valence-corrected chi connectivity index (χ2v) is 6.83. The van der Waals surface area contributed by atoms with Crippen LogP contribution in [0.3, 0.4) is 0 Å². The molecule has 1 aliphatic rings. The number of hydrogen-bond acceptors (Lipinski definition) is 3. The first-order valence-electron chi connectivity index (χ1n) is 8.37. The Hall–Kier alpha value is -1.59. The summed E-state index contributed by atoms with van der Waals surface area (Å²) < 4.78 is 0. The monoisotopic (exact) mass is 352 g/mol. The van der Waals surface area contributed by atoms with Crippen molar-refractivity contribution in [3.63, 3.8) is 0 Å². The predicted octanol–water partition coefficient (Wildman–Crippen LogP) is 3.19. The quantitative estimate of drug-likeness (QED) is 0.884. The summed E-state index contributed by atoms with van der Waals surface area (Å²) in [5.41, 5.74) is 1.18. The topological polar surface area (TPSA) is 60.9 Å². The summed E-state index contributed by atoms with van der Waals surface area (Å²) in [6.45, 7) is 5.15. The summed E-state index contributed by atoms with van der Waals surface area (Å²) >= 11 is 6.09. The Labute approximate surface area is 148 Å². The van der Waals surface area contributed by atoms with Gasteiger partial charge in [0.2, 0.25) is 5.91 Å². The molecule has 1 aromatic carbocycles. The lowest BCUT2D eigenvalue weighted by molar-refractivity contribution is -0.145. The van der Waals surface area contributed by atoms with Crippen LogP contribution in [-0.4, -0.2) is 52.5 Å². The summed E-state index contributed by atoms with van der Waals surface area (Å²) in [7, 11) is 0. The van der Waals surface area contributed by atoms with Gasteiger partial charge in [-0.2, -0.15) is 0 Å². The number of hydrogen-bond donors (Lipinski definition) is 1. The van der Waals surface area contributed by atoms with E-state index in [9.17, 15) is 9.59 Å². The molecule has 1 aliphatic heterocycles. The van der Waals surface area contributed by atoms with Crippen LogP contribution in [0.5, 0.6) is 0 Å². The molecule has 1 N–H and O–H groups in total. The average Bonchev–Trinajstić information content (AvgIpc) is 2.77. The molecule has 0 saturated carbocycles. The van der Waals surface area contributed by atoms with E-state index in [0.717, 1.165) is 37.4 Å². The van der Waals surface area contributed by atoms with Gasteiger partial charge in [-0.1, -0.05) is 23.7 Å². The third-order valence-corrected chi connectivity index (χ3v) is 5.00. The summed E-state index contributed by atoms with van der Waals surface area (Å²) in [5, 5.41) is 9.76. The zero-order chi connectivity index (χ0) is 17.7. The van der Waals surface area contributed by atoms with Crippen molar-refractivity contribution in [3.05, 3.63) is 34.9 Å². The highest BCUT2D eigenvalue weighted by Gasteiger charge is 2.27. The molecule has 2 atom stereocenters. The van der Waals surface area contributed by atoms with E-state index in [1.165, 1.54) is 17.4 Å².